The number of piperidine rings is 1. The summed E-state index contributed by atoms with van der Waals surface area (Å²) in [6, 6.07) is 27.6. The van der Waals surface area contributed by atoms with Gasteiger partial charge in [-0.3, -0.25) is 0 Å². The van der Waals surface area contributed by atoms with E-state index in [1.807, 2.05) is 31.2 Å². The molecule has 1 aliphatic heterocycles. The minimum absolute atomic E-state index is 0.312. The number of nitriles is 1. The van der Waals surface area contributed by atoms with E-state index in [0.717, 1.165) is 42.0 Å². The zero-order valence-corrected chi connectivity index (χ0v) is 18.0. The number of benzene rings is 3. The van der Waals surface area contributed by atoms with Crippen LogP contribution in [0.25, 0.3) is 11.1 Å². The van der Waals surface area contributed by atoms with Gasteiger partial charge in [0.15, 0.2) is 0 Å². The van der Waals surface area contributed by atoms with E-state index in [4.69, 9.17) is 10.00 Å². The van der Waals surface area contributed by atoms with Gasteiger partial charge in [0.1, 0.15) is 5.75 Å². The van der Waals surface area contributed by atoms with Crippen LogP contribution in [0.15, 0.2) is 72.8 Å². The highest BCUT2D eigenvalue weighted by Gasteiger charge is 2.25. The summed E-state index contributed by atoms with van der Waals surface area (Å²) in [6.07, 6.45) is 2.32. The number of hydrogen-bond donors (Lipinski definition) is 2. The summed E-state index contributed by atoms with van der Waals surface area (Å²) in [6.45, 7) is 4.45. The maximum absolute atomic E-state index is 9.06. The second kappa shape index (κ2) is 10.3. The molecule has 3 aromatic rings. The van der Waals surface area contributed by atoms with Crippen LogP contribution in [0, 0.1) is 11.3 Å². The van der Waals surface area contributed by atoms with Crippen LogP contribution in [-0.2, 0) is 6.54 Å². The molecular formula is C27H29N3O. The van der Waals surface area contributed by atoms with E-state index in [0.29, 0.717) is 24.3 Å². The Morgan fingerprint density at radius 3 is 2.55 bits per heavy atom. The van der Waals surface area contributed by atoms with Crippen molar-refractivity contribution in [2.45, 2.75) is 38.4 Å². The van der Waals surface area contributed by atoms with Gasteiger partial charge in [0.05, 0.1) is 18.2 Å². The van der Waals surface area contributed by atoms with Gasteiger partial charge in [0.25, 0.3) is 0 Å². The number of nitrogens with zero attached hydrogens (tertiary/aromatic N) is 1. The normalized spacial score (nSPS) is 18.3. The minimum Gasteiger partial charge on any atom is -0.494 e. The molecule has 31 heavy (non-hydrogen) atoms. The zero-order chi connectivity index (χ0) is 21.5. The molecule has 2 N–H and O–H groups in total. The van der Waals surface area contributed by atoms with E-state index in [1.54, 1.807) is 0 Å². The van der Waals surface area contributed by atoms with Crippen LogP contribution < -0.4 is 15.4 Å². The summed E-state index contributed by atoms with van der Waals surface area (Å²) in [5, 5.41) is 16.5. The lowest BCUT2D eigenvalue weighted by atomic mass is 9.92. The Bertz CT molecular complexity index is 1020. The predicted molar refractivity (Wildman–Crippen MR) is 125 cm³/mol. The first-order chi connectivity index (χ1) is 15.3. The smallest absolute Gasteiger partial charge is 0.123 e. The summed E-state index contributed by atoms with van der Waals surface area (Å²) in [5.41, 5.74) is 5.39. The molecule has 0 amide bonds. The molecule has 1 aliphatic rings. The van der Waals surface area contributed by atoms with E-state index in [-0.39, 0.29) is 0 Å². The van der Waals surface area contributed by atoms with E-state index < -0.39 is 0 Å². The molecule has 2 atom stereocenters. The maximum Gasteiger partial charge on any atom is 0.123 e. The second-order valence-corrected chi connectivity index (χ2v) is 7.92. The third-order valence-corrected chi connectivity index (χ3v) is 5.88. The largest absolute Gasteiger partial charge is 0.494 e. The van der Waals surface area contributed by atoms with Gasteiger partial charge in [-0.25, -0.2) is 0 Å². The lowest BCUT2D eigenvalue weighted by molar-refractivity contribution is 0.299. The zero-order valence-electron chi connectivity index (χ0n) is 18.0. The Kier molecular flexibility index (Phi) is 6.99. The van der Waals surface area contributed by atoms with Crippen molar-refractivity contribution in [2.75, 3.05) is 13.2 Å². The molecule has 0 unspecified atom stereocenters. The van der Waals surface area contributed by atoms with E-state index in [9.17, 15) is 0 Å². The molecular weight excluding hydrogens is 382 g/mol. The summed E-state index contributed by atoms with van der Waals surface area (Å²) in [7, 11) is 0. The first-order valence-electron chi connectivity index (χ1n) is 11.1. The summed E-state index contributed by atoms with van der Waals surface area (Å²) in [4.78, 5) is 0. The number of ether oxygens (including phenoxy) is 1. The van der Waals surface area contributed by atoms with Crippen molar-refractivity contribution in [2.24, 2.45) is 0 Å². The molecule has 0 aliphatic carbocycles. The first kappa shape index (κ1) is 21.1. The Morgan fingerprint density at radius 1 is 1.03 bits per heavy atom. The highest BCUT2D eigenvalue weighted by Crippen LogP contribution is 2.29. The molecule has 0 spiro atoms. The molecule has 158 valence electrons. The van der Waals surface area contributed by atoms with Crippen molar-refractivity contribution < 1.29 is 4.74 Å². The Labute approximate surface area is 184 Å². The Morgan fingerprint density at radius 2 is 1.81 bits per heavy atom. The summed E-state index contributed by atoms with van der Waals surface area (Å²) >= 11 is 0. The van der Waals surface area contributed by atoms with Gasteiger partial charge in [-0.05, 0) is 67.3 Å². The molecule has 1 fully saturated rings. The minimum atomic E-state index is 0.312. The second-order valence-electron chi connectivity index (χ2n) is 7.92. The predicted octanol–water partition coefficient (Wildman–Crippen LogP) is 5.21. The quantitative estimate of drug-likeness (QED) is 0.561. The molecule has 1 saturated heterocycles. The molecule has 4 rings (SSSR count). The SMILES string of the molecule is CCOc1ccc(-c2ccc(C#N)cc2)cc1CN[C@H]1CCCN[C@H]1c1ccccc1. The average molecular weight is 412 g/mol. The number of nitrogens with one attached hydrogen (secondary N) is 2. The van der Waals surface area contributed by atoms with E-state index >= 15 is 0 Å². The van der Waals surface area contributed by atoms with Crippen LogP contribution in [0.5, 0.6) is 5.75 Å². The fourth-order valence-corrected chi connectivity index (χ4v) is 4.29. The van der Waals surface area contributed by atoms with Crippen molar-refractivity contribution in [3.63, 3.8) is 0 Å². The standard InChI is InChI=1S/C27H29N3O/c1-2-31-26-15-14-23(21-12-10-20(18-28)11-13-21)17-24(26)19-30-25-9-6-16-29-27(25)22-7-4-3-5-8-22/h3-5,7-8,10-15,17,25,27,29-30H,2,6,9,16,19H2,1H3/t25-,27-/m0/s1. The number of hydrogen-bond acceptors (Lipinski definition) is 4. The highest BCUT2D eigenvalue weighted by atomic mass is 16.5. The van der Waals surface area contributed by atoms with Crippen LogP contribution in [0.2, 0.25) is 0 Å². The monoisotopic (exact) mass is 411 g/mol. The Hall–Kier alpha value is -3.13. The maximum atomic E-state index is 9.06. The number of rotatable bonds is 7. The highest BCUT2D eigenvalue weighted by molar-refractivity contribution is 5.66. The molecule has 0 radical (unpaired) electrons. The van der Waals surface area contributed by atoms with Crippen molar-refractivity contribution in [3.8, 4) is 22.9 Å². The van der Waals surface area contributed by atoms with Gasteiger partial charge >= 0.3 is 0 Å². The van der Waals surface area contributed by atoms with Gasteiger partial charge < -0.3 is 15.4 Å². The van der Waals surface area contributed by atoms with E-state index in [2.05, 4.69) is 65.2 Å². The van der Waals surface area contributed by atoms with Crippen LogP contribution in [0.4, 0.5) is 0 Å². The molecule has 4 heteroatoms. The van der Waals surface area contributed by atoms with Crippen LogP contribution in [-0.4, -0.2) is 19.2 Å². The molecule has 4 nitrogen and oxygen atoms in total. The van der Waals surface area contributed by atoms with Gasteiger partial charge in [-0.15, -0.1) is 0 Å². The fraction of sp³-hybridized carbons (Fsp3) is 0.296. The van der Waals surface area contributed by atoms with Crippen molar-refractivity contribution >= 4 is 0 Å². The van der Waals surface area contributed by atoms with Crippen molar-refractivity contribution in [1.82, 2.24) is 10.6 Å². The van der Waals surface area contributed by atoms with Crippen LogP contribution >= 0.6 is 0 Å². The third-order valence-electron chi connectivity index (χ3n) is 5.88. The van der Waals surface area contributed by atoms with Crippen LogP contribution in [0.3, 0.4) is 0 Å². The van der Waals surface area contributed by atoms with Crippen molar-refractivity contribution in [1.29, 1.82) is 5.26 Å². The molecule has 0 saturated carbocycles. The fourth-order valence-electron chi connectivity index (χ4n) is 4.29. The lowest BCUT2D eigenvalue weighted by Gasteiger charge is -2.34. The van der Waals surface area contributed by atoms with Crippen LogP contribution in [0.1, 0.15) is 42.5 Å². The molecule has 1 heterocycles. The summed E-state index contributed by atoms with van der Waals surface area (Å²) in [5.74, 6) is 0.924. The van der Waals surface area contributed by atoms with Gasteiger partial charge in [-0.2, -0.15) is 5.26 Å². The molecule has 0 bridgehead atoms. The average Bonchev–Trinajstić information content (AvgIpc) is 2.84. The third kappa shape index (κ3) is 5.14. The van der Waals surface area contributed by atoms with Gasteiger partial charge in [-0.1, -0.05) is 48.5 Å². The molecule has 3 aromatic carbocycles. The Balaban J connectivity index is 1.55. The molecule has 0 aromatic heterocycles. The van der Waals surface area contributed by atoms with E-state index in [1.165, 1.54) is 12.0 Å². The first-order valence-corrected chi connectivity index (χ1v) is 11.1. The van der Waals surface area contributed by atoms with Gasteiger partial charge in [0, 0.05) is 24.2 Å². The van der Waals surface area contributed by atoms with Crippen molar-refractivity contribution in [3.05, 3.63) is 89.5 Å². The van der Waals surface area contributed by atoms with Gasteiger partial charge in [0.2, 0.25) is 0 Å². The lowest BCUT2D eigenvalue weighted by Crippen LogP contribution is -2.45. The summed E-state index contributed by atoms with van der Waals surface area (Å²) < 4.78 is 5.92. The topological polar surface area (TPSA) is 57.1 Å².